The minimum atomic E-state index is -0.608. The highest BCUT2D eigenvalue weighted by Gasteiger charge is 2.69. The van der Waals surface area contributed by atoms with Gasteiger partial charge in [-0.15, -0.1) is 0 Å². The summed E-state index contributed by atoms with van der Waals surface area (Å²) in [5.74, 6) is 0.471. The Balaban J connectivity index is 1.87. The van der Waals surface area contributed by atoms with E-state index < -0.39 is 5.60 Å². The predicted octanol–water partition coefficient (Wildman–Crippen LogP) is 3.31. The molecule has 19 heavy (non-hydrogen) atoms. The molecule has 2 saturated carbocycles. The molecular weight excluding hydrogens is 234 g/mol. The van der Waals surface area contributed by atoms with Crippen molar-refractivity contribution in [3.05, 3.63) is 29.1 Å². The highest BCUT2D eigenvalue weighted by molar-refractivity contribution is 5.42. The van der Waals surface area contributed by atoms with Crippen LogP contribution in [-0.2, 0) is 17.4 Å². The van der Waals surface area contributed by atoms with Gasteiger partial charge in [0, 0.05) is 16.5 Å². The maximum Gasteiger partial charge on any atom is 0.115 e. The van der Waals surface area contributed by atoms with Gasteiger partial charge < -0.3 is 5.11 Å². The van der Waals surface area contributed by atoms with Gasteiger partial charge in [-0.1, -0.05) is 26.8 Å². The molecular formula is C17H23NO. The lowest BCUT2D eigenvalue weighted by molar-refractivity contribution is -0.0503. The third kappa shape index (κ3) is 1.44. The summed E-state index contributed by atoms with van der Waals surface area (Å²) in [6, 6.07) is 4.39. The summed E-state index contributed by atoms with van der Waals surface area (Å²) in [7, 11) is 0. The molecule has 0 bridgehead atoms. The third-order valence-corrected chi connectivity index (χ3v) is 5.47. The van der Waals surface area contributed by atoms with E-state index in [1.807, 2.05) is 0 Å². The first-order valence-corrected chi connectivity index (χ1v) is 7.60. The zero-order valence-electron chi connectivity index (χ0n) is 12.2. The Bertz CT molecular complexity index is 549. The van der Waals surface area contributed by atoms with E-state index in [0.717, 1.165) is 17.8 Å². The second-order valence-corrected chi connectivity index (χ2v) is 7.95. The van der Waals surface area contributed by atoms with E-state index in [9.17, 15) is 5.11 Å². The third-order valence-electron chi connectivity index (χ3n) is 5.47. The number of aromatic nitrogens is 1. The molecule has 1 N–H and O–H groups in total. The second kappa shape index (κ2) is 3.22. The average molecular weight is 257 g/mol. The van der Waals surface area contributed by atoms with Crippen LogP contribution in [0.15, 0.2) is 12.1 Å². The monoisotopic (exact) mass is 257 g/mol. The fourth-order valence-corrected chi connectivity index (χ4v) is 3.97. The van der Waals surface area contributed by atoms with E-state index in [1.54, 1.807) is 0 Å². The zero-order chi connectivity index (χ0) is 13.5. The number of pyridine rings is 1. The standard InChI is InChI=1S/C17H23NO/c1-15(2,3)13-7-4-11-10-16(8-9-16)17(19,12-5-6-12)14(11)18-13/h4,7,12,19H,5-6,8-10H2,1-3H3. The molecule has 0 amide bonds. The summed E-state index contributed by atoms with van der Waals surface area (Å²) in [5, 5.41) is 11.4. The molecule has 3 aliphatic rings. The topological polar surface area (TPSA) is 33.1 Å². The van der Waals surface area contributed by atoms with Crippen LogP contribution in [-0.4, -0.2) is 10.1 Å². The van der Waals surface area contributed by atoms with Gasteiger partial charge in [0.1, 0.15) is 5.60 Å². The Morgan fingerprint density at radius 1 is 1.21 bits per heavy atom. The van der Waals surface area contributed by atoms with Crippen molar-refractivity contribution >= 4 is 0 Å². The fourth-order valence-electron chi connectivity index (χ4n) is 3.97. The Morgan fingerprint density at radius 2 is 1.89 bits per heavy atom. The number of hydrogen-bond donors (Lipinski definition) is 1. The molecule has 1 spiro atoms. The molecule has 3 aliphatic carbocycles. The van der Waals surface area contributed by atoms with Gasteiger partial charge in [0.15, 0.2) is 0 Å². The molecule has 2 fully saturated rings. The van der Waals surface area contributed by atoms with Crippen LogP contribution >= 0.6 is 0 Å². The minimum absolute atomic E-state index is 0.0544. The molecule has 1 atom stereocenters. The summed E-state index contributed by atoms with van der Waals surface area (Å²) in [6.07, 6.45) is 5.77. The van der Waals surface area contributed by atoms with Crippen molar-refractivity contribution in [1.82, 2.24) is 4.98 Å². The lowest BCUT2D eigenvalue weighted by Crippen LogP contribution is -2.36. The van der Waals surface area contributed by atoms with Crippen molar-refractivity contribution in [3.8, 4) is 0 Å². The molecule has 4 rings (SSSR count). The fraction of sp³-hybridized carbons (Fsp3) is 0.706. The van der Waals surface area contributed by atoms with E-state index in [1.165, 1.54) is 31.2 Å². The first-order chi connectivity index (χ1) is 8.87. The van der Waals surface area contributed by atoms with Gasteiger partial charge in [-0.3, -0.25) is 4.98 Å². The molecule has 0 radical (unpaired) electrons. The normalized spacial score (nSPS) is 31.6. The molecule has 1 unspecified atom stereocenters. The molecule has 1 heterocycles. The quantitative estimate of drug-likeness (QED) is 0.837. The van der Waals surface area contributed by atoms with Gasteiger partial charge >= 0.3 is 0 Å². The Hall–Kier alpha value is -0.890. The largest absolute Gasteiger partial charge is 0.383 e. The molecule has 1 aromatic heterocycles. The predicted molar refractivity (Wildman–Crippen MR) is 74.9 cm³/mol. The highest BCUT2D eigenvalue weighted by Crippen LogP contribution is 2.70. The highest BCUT2D eigenvalue weighted by atomic mass is 16.3. The minimum Gasteiger partial charge on any atom is -0.383 e. The molecule has 0 aromatic carbocycles. The van der Waals surface area contributed by atoms with Crippen molar-refractivity contribution in [1.29, 1.82) is 0 Å². The number of fused-ring (bicyclic) bond motifs is 1. The lowest BCUT2D eigenvalue weighted by atomic mass is 9.81. The van der Waals surface area contributed by atoms with Crippen molar-refractivity contribution in [2.45, 2.75) is 63.9 Å². The van der Waals surface area contributed by atoms with Crippen LogP contribution in [0.4, 0.5) is 0 Å². The van der Waals surface area contributed by atoms with Gasteiger partial charge in [-0.2, -0.15) is 0 Å². The Labute approximate surface area is 115 Å². The molecule has 2 heteroatoms. The van der Waals surface area contributed by atoms with Crippen LogP contribution in [0.3, 0.4) is 0 Å². The zero-order valence-corrected chi connectivity index (χ0v) is 12.2. The van der Waals surface area contributed by atoms with Crippen LogP contribution in [0.25, 0.3) is 0 Å². The molecule has 102 valence electrons. The van der Waals surface area contributed by atoms with Gasteiger partial charge in [0.05, 0.1) is 5.69 Å². The van der Waals surface area contributed by atoms with E-state index in [2.05, 4.69) is 32.9 Å². The van der Waals surface area contributed by atoms with Gasteiger partial charge in [0.2, 0.25) is 0 Å². The molecule has 0 saturated heterocycles. The summed E-state index contributed by atoms with van der Waals surface area (Å²) in [5.41, 5.74) is 3.05. The molecule has 2 nitrogen and oxygen atoms in total. The number of hydrogen-bond acceptors (Lipinski definition) is 2. The summed E-state index contributed by atoms with van der Waals surface area (Å²) in [4.78, 5) is 4.92. The van der Waals surface area contributed by atoms with Gasteiger partial charge in [-0.25, -0.2) is 0 Å². The van der Waals surface area contributed by atoms with Crippen molar-refractivity contribution in [3.63, 3.8) is 0 Å². The van der Waals surface area contributed by atoms with Crippen LogP contribution in [0.2, 0.25) is 0 Å². The number of rotatable bonds is 1. The Morgan fingerprint density at radius 3 is 2.42 bits per heavy atom. The first-order valence-electron chi connectivity index (χ1n) is 7.60. The lowest BCUT2D eigenvalue weighted by Gasteiger charge is -2.31. The van der Waals surface area contributed by atoms with Gasteiger partial charge in [0.25, 0.3) is 0 Å². The van der Waals surface area contributed by atoms with Crippen LogP contribution < -0.4 is 0 Å². The summed E-state index contributed by atoms with van der Waals surface area (Å²) < 4.78 is 0. The number of aliphatic hydroxyl groups is 1. The van der Waals surface area contributed by atoms with Crippen molar-refractivity contribution < 1.29 is 5.11 Å². The van der Waals surface area contributed by atoms with Crippen molar-refractivity contribution in [2.75, 3.05) is 0 Å². The average Bonchev–Trinajstić information content (AvgIpc) is 3.20. The maximum atomic E-state index is 11.4. The first kappa shape index (κ1) is 11.9. The van der Waals surface area contributed by atoms with E-state index in [4.69, 9.17) is 4.98 Å². The van der Waals surface area contributed by atoms with Crippen LogP contribution in [0, 0.1) is 11.3 Å². The van der Waals surface area contributed by atoms with Crippen molar-refractivity contribution in [2.24, 2.45) is 11.3 Å². The smallest absolute Gasteiger partial charge is 0.115 e. The summed E-state index contributed by atoms with van der Waals surface area (Å²) >= 11 is 0. The van der Waals surface area contributed by atoms with Gasteiger partial charge in [-0.05, 0) is 49.7 Å². The SMILES string of the molecule is CC(C)(C)c1ccc2c(n1)C(O)(C1CC1)C1(CC1)C2. The van der Waals surface area contributed by atoms with Crippen LogP contribution in [0.5, 0.6) is 0 Å². The van der Waals surface area contributed by atoms with Crippen LogP contribution in [0.1, 0.15) is 63.4 Å². The Kier molecular flexibility index (Phi) is 2.02. The van der Waals surface area contributed by atoms with E-state index in [0.29, 0.717) is 5.92 Å². The number of nitrogens with zero attached hydrogens (tertiary/aromatic N) is 1. The maximum absolute atomic E-state index is 11.4. The molecule has 0 aliphatic heterocycles. The molecule has 1 aromatic rings. The second-order valence-electron chi connectivity index (χ2n) is 7.95. The summed E-state index contributed by atoms with van der Waals surface area (Å²) in [6.45, 7) is 6.58. The van der Waals surface area contributed by atoms with E-state index in [-0.39, 0.29) is 10.8 Å². The van der Waals surface area contributed by atoms with E-state index >= 15 is 0 Å².